The van der Waals surface area contributed by atoms with Gasteiger partial charge >= 0.3 is 12.1 Å². The Bertz CT molecular complexity index is 785. The second-order valence-electron chi connectivity index (χ2n) is 6.76. The molecule has 7 heteroatoms. The molecule has 0 saturated heterocycles. The summed E-state index contributed by atoms with van der Waals surface area (Å²) >= 11 is 0. The zero-order valence-electron chi connectivity index (χ0n) is 14.8. The van der Waals surface area contributed by atoms with Crippen LogP contribution in [0.15, 0.2) is 40.8 Å². The Morgan fingerprint density at radius 3 is 2.35 bits per heavy atom. The minimum absolute atomic E-state index is 0.104. The second-order valence-corrected chi connectivity index (χ2v) is 6.76. The lowest BCUT2D eigenvalue weighted by atomic mass is 10.0. The van der Waals surface area contributed by atoms with E-state index in [1.807, 2.05) is 0 Å². The quantitative estimate of drug-likeness (QED) is 0.767. The van der Waals surface area contributed by atoms with Crippen molar-refractivity contribution in [2.24, 2.45) is 0 Å². The molecule has 2 rings (SSSR count). The SMILES string of the molecule is CC(C)(C)OC(=O)NC(Cc1ccc(-c2ccc(C=O)o2)cc1)C(=O)O. The van der Waals surface area contributed by atoms with Crippen LogP contribution in [0.3, 0.4) is 0 Å². The van der Waals surface area contributed by atoms with Gasteiger partial charge in [-0.25, -0.2) is 9.59 Å². The number of benzene rings is 1. The Hall–Kier alpha value is -3.09. The first-order valence-electron chi connectivity index (χ1n) is 8.04. The molecule has 0 bridgehead atoms. The number of carbonyl (C=O) groups is 3. The lowest BCUT2D eigenvalue weighted by Gasteiger charge is -2.22. The van der Waals surface area contributed by atoms with Gasteiger partial charge in [0.05, 0.1) is 0 Å². The Morgan fingerprint density at radius 1 is 1.19 bits per heavy atom. The first kappa shape index (κ1) is 19.2. The van der Waals surface area contributed by atoms with Gasteiger partial charge in [-0.15, -0.1) is 0 Å². The highest BCUT2D eigenvalue weighted by molar-refractivity contribution is 5.80. The number of aldehydes is 1. The lowest BCUT2D eigenvalue weighted by Crippen LogP contribution is -2.44. The molecule has 7 nitrogen and oxygen atoms in total. The number of hydrogen-bond donors (Lipinski definition) is 2. The van der Waals surface area contributed by atoms with Crippen LogP contribution in [0.4, 0.5) is 4.79 Å². The molecular formula is C19H21NO6. The lowest BCUT2D eigenvalue weighted by molar-refractivity contribution is -0.139. The summed E-state index contributed by atoms with van der Waals surface area (Å²) in [5.74, 6) is -0.376. The van der Waals surface area contributed by atoms with Crippen molar-refractivity contribution in [3.63, 3.8) is 0 Å². The molecule has 2 N–H and O–H groups in total. The molecule has 0 fully saturated rings. The molecule has 0 radical (unpaired) electrons. The van der Waals surface area contributed by atoms with Crippen LogP contribution in [0.1, 0.15) is 36.9 Å². The number of hydrogen-bond acceptors (Lipinski definition) is 5. The predicted molar refractivity (Wildman–Crippen MR) is 94.0 cm³/mol. The molecule has 0 aliphatic rings. The molecule has 0 spiro atoms. The number of aliphatic carboxylic acids is 1. The van der Waals surface area contributed by atoms with Gasteiger partial charge in [0, 0.05) is 12.0 Å². The third-order valence-corrected chi connectivity index (χ3v) is 3.41. The summed E-state index contributed by atoms with van der Waals surface area (Å²) in [6.07, 6.45) is -0.0527. The number of rotatable bonds is 6. The zero-order chi connectivity index (χ0) is 19.3. The smallest absolute Gasteiger partial charge is 0.408 e. The fraction of sp³-hybridized carbons (Fsp3) is 0.316. The molecule has 1 aromatic heterocycles. The van der Waals surface area contributed by atoms with Crippen molar-refractivity contribution in [1.82, 2.24) is 5.32 Å². The van der Waals surface area contributed by atoms with Gasteiger partial charge in [-0.1, -0.05) is 24.3 Å². The van der Waals surface area contributed by atoms with Gasteiger partial charge in [0.15, 0.2) is 12.0 Å². The summed E-state index contributed by atoms with van der Waals surface area (Å²) in [6, 6.07) is 9.14. The molecule has 0 aliphatic heterocycles. The highest BCUT2D eigenvalue weighted by atomic mass is 16.6. The third kappa shape index (κ3) is 5.47. The van der Waals surface area contributed by atoms with E-state index in [1.54, 1.807) is 57.2 Å². The molecule has 1 aromatic carbocycles. The Morgan fingerprint density at radius 2 is 1.85 bits per heavy atom. The summed E-state index contributed by atoms with van der Waals surface area (Å²) < 4.78 is 10.4. The van der Waals surface area contributed by atoms with Gasteiger partial charge in [-0.05, 0) is 38.5 Å². The van der Waals surface area contributed by atoms with E-state index in [9.17, 15) is 19.5 Å². The summed E-state index contributed by atoms with van der Waals surface area (Å²) in [4.78, 5) is 33.9. The maximum absolute atomic E-state index is 11.8. The van der Waals surface area contributed by atoms with Gasteiger partial charge in [0.1, 0.15) is 17.4 Å². The largest absolute Gasteiger partial charge is 0.480 e. The molecular weight excluding hydrogens is 338 g/mol. The number of amides is 1. The number of furan rings is 1. The van der Waals surface area contributed by atoms with E-state index in [1.165, 1.54) is 0 Å². The maximum atomic E-state index is 11.8. The fourth-order valence-corrected chi connectivity index (χ4v) is 2.26. The number of alkyl carbamates (subject to hydrolysis) is 1. The van der Waals surface area contributed by atoms with Crippen molar-refractivity contribution in [2.75, 3.05) is 0 Å². The number of carbonyl (C=O) groups excluding carboxylic acids is 2. The van der Waals surface area contributed by atoms with Crippen LogP contribution in [0.2, 0.25) is 0 Å². The van der Waals surface area contributed by atoms with Crippen LogP contribution < -0.4 is 5.32 Å². The summed E-state index contributed by atoms with van der Waals surface area (Å²) in [5, 5.41) is 11.7. The average molecular weight is 359 g/mol. The zero-order valence-corrected chi connectivity index (χ0v) is 14.8. The molecule has 1 amide bonds. The molecule has 138 valence electrons. The molecule has 1 atom stereocenters. The first-order chi connectivity index (χ1) is 12.2. The van der Waals surface area contributed by atoms with Gasteiger partial charge in [-0.2, -0.15) is 0 Å². The number of nitrogens with one attached hydrogen (secondary N) is 1. The highest BCUT2D eigenvalue weighted by Gasteiger charge is 2.24. The van der Waals surface area contributed by atoms with Crippen molar-refractivity contribution in [3.05, 3.63) is 47.7 Å². The predicted octanol–water partition coefficient (Wildman–Crippen LogP) is 3.28. The van der Waals surface area contributed by atoms with Gasteiger partial charge < -0.3 is 19.6 Å². The standard InChI is InChI=1S/C19H21NO6/c1-19(2,3)26-18(24)20-15(17(22)23)10-12-4-6-13(7-5-12)16-9-8-14(11-21)25-16/h4-9,11,15H,10H2,1-3H3,(H,20,24)(H,22,23). The summed E-state index contributed by atoms with van der Waals surface area (Å²) in [6.45, 7) is 5.10. The first-order valence-corrected chi connectivity index (χ1v) is 8.04. The van der Waals surface area contributed by atoms with E-state index >= 15 is 0 Å². The minimum atomic E-state index is -1.15. The van der Waals surface area contributed by atoms with E-state index in [0.717, 1.165) is 11.1 Å². The van der Waals surface area contributed by atoms with Crippen LogP contribution in [0, 0.1) is 0 Å². The molecule has 2 aromatic rings. The second kappa shape index (κ2) is 7.86. The van der Waals surface area contributed by atoms with Crippen molar-refractivity contribution < 1.29 is 28.6 Å². The maximum Gasteiger partial charge on any atom is 0.408 e. The number of carboxylic acids is 1. The van der Waals surface area contributed by atoms with E-state index in [4.69, 9.17) is 9.15 Å². The molecule has 0 aliphatic carbocycles. The topological polar surface area (TPSA) is 106 Å². The van der Waals surface area contributed by atoms with Crippen LogP contribution >= 0.6 is 0 Å². The van der Waals surface area contributed by atoms with Gasteiger partial charge in [-0.3, -0.25) is 4.79 Å². The van der Waals surface area contributed by atoms with Crippen LogP contribution in [0.25, 0.3) is 11.3 Å². The number of carboxylic acid groups (broad SMARTS) is 1. The molecule has 1 heterocycles. The fourth-order valence-electron chi connectivity index (χ4n) is 2.26. The van der Waals surface area contributed by atoms with E-state index in [-0.39, 0.29) is 12.2 Å². The summed E-state index contributed by atoms with van der Waals surface area (Å²) in [7, 11) is 0. The molecule has 0 saturated carbocycles. The highest BCUT2D eigenvalue weighted by Crippen LogP contribution is 2.22. The summed E-state index contributed by atoms with van der Waals surface area (Å²) in [5.41, 5.74) is 0.770. The number of ether oxygens (including phenoxy) is 1. The van der Waals surface area contributed by atoms with E-state index < -0.39 is 23.7 Å². The van der Waals surface area contributed by atoms with E-state index in [2.05, 4.69) is 5.32 Å². The van der Waals surface area contributed by atoms with Crippen molar-refractivity contribution in [2.45, 2.75) is 38.8 Å². The Balaban J connectivity index is 2.05. The normalized spacial score (nSPS) is 12.3. The average Bonchev–Trinajstić information content (AvgIpc) is 3.02. The monoisotopic (exact) mass is 359 g/mol. The van der Waals surface area contributed by atoms with Crippen molar-refractivity contribution in [1.29, 1.82) is 0 Å². The minimum Gasteiger partial charge on any atom is -0.480 e. The van der Waals surface area contributed by atoms with Crippen LogP contribution in [-0.2, 0) is 16.0 Å². The molecule has 1 unspecified atom stereocenters. The van der Waals surface area contributed by atoms with Crippen molar-refractivity contribution in [3.8, 4) is 11.3 Å². The van der Waals surface area contributed by atoms with Gasteiger partial charge in [0.25, 0.3) is 0 Å². The van der Waals surface area contributed by atoms with Crippen molar-refractivity contribution >= 4 is 18.3 Å². The van der Waals surface area contributed by atoms with Crippen LogP contribution in [-0.4, -0.2) is 35.1 Å². The van der Waals surface area contributed by atoms with E-state index in [0.29, 0.717) is 12.0 Å². The van der Waals surface area contributed by atoms with Crippen LogP contribution in [0.5, 0.6) is 0 Å². The molecule has 26 heavy (non-hydrogen) atoms. The Labute approximate surface area is 151 Å². The van der Waals surface area contributed by atoms with Gasteiger partial charge in [0.2, 0.25) is 0 Å². The Kier molecular flexibility index (Phi) is 5.82. The third-order valence-electron chi connectivity index (χ3n) is 3.41.